The van der Waals surface area contributed by atoms with E-state index in [4.69, 9.17) is 5.84 Å². The lowest BCUT2D eigenvalue weighted by Gasteiger charge is -2.26. The molecule has 0 fully saturated rings. The number of fused-ring (bicyclic) bond motifs is 1. The number of aromatic nitrogens is 1. The van der Waals surface area contributed by atoms with Crippen molar-refractivity contribution >= 4 is 16.7 Å². The van der Waals surface area contributed by atoms with Crippen molar-refractivity contribution in [2.75, 3.05) is 12.0 Å². The molecule has 0 aliphatic carbocycles. The summed E-state index contributed by atoms with van der Waals surface area (Å²) in [5.41, 5.74) is 4.85. The van der Waals surface area contributed by atoms with Crippen LogP contribution in [0.3, 0.4) is 0 Å². The molecule has 0 atom stereocenters. The van der Waals surface area contributed by atoms with Crippen LogP contribution in [-0.4, -0.2) is 22.5 Å². The van der Waals surface area contributed by atoms with E-state index >= 15 is 0 Å². The van der Waals surface area contributed by atoms with E-state index in [2.05, 4.69) is 48.2 Å². The van der Waals surface area contributed by atoms with Crippen LogP contribution >= 0.6 is 0 Å². The van der Waals surface area contributed by atoms with Crippen LogP contribution in [0, 0.1) is 0 Å². The van der Waals surface area contributed by atoms with E-state index < -0.39 is 0 Å². The molecule has 1 heterocycles. The number of rotatable bonds is 6. The van der Waals surface area contributed by atoms with Gasteiger partial charge in [0.15, 0.2) is 0 Å². The van der Waals surface area contributed by atoms with Gasteiger partial charge in [-0.1, -0.05) is 25.1 Å². The zero-order valence-corrected chi connectivity index (χ0v) is 12.6. The minimum Gasteiger partial charge on any atom is -0.308 e. The van der Waals surface area contributed by atoms with Crippen LogP contribution in [-0.2, 0) is 6.54 Å². The highest BCUT2D eigenvalue weighted by atomic mass is 15.3. The number of nitrogen functional groups attached to an aromatic ring is 1. The smallest absolute Gasteiger partial charge is 0.145 e. The molecule has 0 radical (unpaired) electrons. The average molecular weight is 272 g/mol. The van der Waals surface area contributed by atoms with Gasteiger partial charge in [0.1, 0.15) is 5.82 Å². The summed E-state index contributed by atoms with van der Waals surface area (Å²) in [7, 11) is 0. The lowest BCUT2D eigenvalue weighted by atomic mass is 10.1. The molecular weight excluding hydrogens is 248 g/mol. The fraction of sp³-hybridized carbons (Fsp3) is 0.438. The van der Waals surface area contributed by atoms with Crippen LogP contribution in [0.1, 0.15) is 32.8 Å². The van der Waals surface area contributed by atoms with Crippen molar-refractivity contribution in [3.8, 4) is 0 Å². The van der Waals surface area contributed by atoms with Gasteiger partial charge in [-0.05, 0) is 38.9 Å². The van der Waals surface area contributed by atoms with E-state index in [9.17, 15) is 0 Å². The number of para-hydroxylation sites is 1. The standard InChI is InChI=1S/C16H24N4/c1-4-9-20(12(2)3)11-14-10-13-7-5-6-8-15(13)18-16(14)19-17/h5-8,10,12H,4,9,11,17H2,1-3H3,(H,18,19). The Morgan fingerprint density at radius 1 is 1.30 bits per heavy atom. The molecule has 1 aromatic carbocycles. The molecule has 3 N–H and O–H groups in total. The van der Waals surface area contributed by atoms with Gasteiger partial charge in [-0.3, -0.25) is 4.90 Å². The molecule has 0 spiro atoms. The van der Waals surface area contributed by atoms with Crippen LogP contribution in [0.25, 0.3) is 10.9 Å². The molecule has 0 saturated heterocycles. The largest absolute Gasteiger partial charge is 0.308 e. The van der Waals surface area contributed by atoms with E-state index in [1.54, 1.807) is 0 Å². The maximum Gasteiger partial charge on any atom is 0.145 e. The molecule has 4 nitrogen and oxygen atoms in total. The highest BCUT2D eigenvalue weighted by Gasteiger charge is 2.13. The second-order valence-corrected chi connectivity index (χ2v) is 5.40. The highest BCUT2D eigenvalue weighted by Crippen LogP contribution is 2.22. The van der Waals surface area contributed by atoms with Crippen molar-refractivity contribution in [3.63, 3.8) is 0 Å². The average Bonchev–Trinajstić information content (AvgIpc) is 2.45. The lowest BCUT2D eigenvalue weighted by molar-refractivity contribution is 0.213. The number of anilines is 1. The number of nitrogens with one attached hydrogen (secondary N) is 1. The van der Waals surface area contributed by atoms with Gasteiger partial charge in [-0.2, -0.15) is 0 Å². The van der Waals surface area contributed by atoms with Gasteiger partial charge >= 0.3 is 0 Å². The molecule has 4 heteroatoms. The molecule has 0 unspecified atom stereocenters. The maximum atomic E-state index is 5.64. The first-order chi connectivity index (χ1) is 9.65. The zero-order valence-electron chi connectivity index (χ0n) is 12.6. The Balaban J connectivity index is 2.36. The third-order valence-corrected chi connectivity index (χ3v) is 3.55. The Morgan fingerprint density at radius 2 is 2.05 bits per heavy atom. The molecule has 0 amide bonds. The first-order valence-electron chi connectivity index (χ1n) is 7.25. The highest BCUT2D eigenvalue weighted by molar-refractivity contribution is 5.81. The van der Waals surface area contributed by atoms with Crippen LogP contribution < -0.4 is 11.3 Å². The molecule has 0 bridgehead atoms. The quantitative estimate of drug-likeness (QED) is 0.626. The molecule has 0 aliphatic rings. The summed E-state index contributed by atoms with van der Waals surface area (Å²) in [5, 5.41) is 1.15. The number of nitrogens with zero attached hydrogens (tertiary/aromatic N) is 2. The predicted octanol–water partition coefficient (Wildman–Crippen LogP) is 3.14. The second kappa shape index (κ2) is 6.68. The van der Waals surface area contributed by atoms with E-state index in [0.717, 1.165) is 41.8 Å². The summed E-state index contributed by atoms with van der Waals surface area (Å²) >= 11 is 0. The summed E-state index contributed by atoms with van der Waals surface area (Å²) in [6.45, 7) is 8.59. The van der Waals surface area contributed by atoms with Crippen molar-refractivity contribution in [1.82, 2.24) is 9.88 Å². The molecule has 2 rings (SSSR count). The number of pyridine rings is 1. The normalized spacial score (nSPS) is 11.5. The fourth-order valence-electron chi connectivity index (χ4n) is 2.43. The fourth-order valence-corrected chi connectivity index (χ4v) is 2.43. The van der Waals surface area contributed by atoms with Gasteiger partial charge in [0.05, 0.1) is 5.52 Å². The van der Waals surface area contributed by atoms with Gasteiger partial charge < -0.3 is 5.43 Å². The van der Waals surface area contributed by atoms with Gasteiger partial charge in [0, 0.05) is 23.5 Å². The van der Waals surface area contributed by atoms with Gasteiger partial charge in [0.2, 0.25) is 0 Å². The maximum absolute atomic E-state index is 5.64. The molecule has 0 aliphatic heterocycles. The summed E-state index contributed by atoms with van der Waals surface area (Å²) in [6.07, 6.45) is 1.14. The van der Waals surface area contributed by atoms with Crippen molar-refractivity contribution in [1.29, 1.82) is 0 Å². The SMILES string of the molecule is CCCN(Cc1cc2ccccc2nc1NN)C(C)C. The molecule has 1 aromatic heterocycles. The topological polar surface area (TPSA) is 54.2 Å². The van der Waals surface area contributed by atoms with E-state index in [1.165, 1.54) is 0 Å². The first-order valence-corrected chi connectivity index (χ1v) is 7.25. The van der Waals surface area contributed by atoms with Gasteiger partial charge in [-0.25, -0.2) is 10.8 Å². The summed E-state index contributed by atoms with van der Waals surface area (Å²) in [4.78, 5) is 7.04. The monoisotopic (exact) mass is 272 g/mol. The summed E-state index contributed by atoms with van der Waals surface area (Å²) in [6, 6.07) is 10.8. The van der Waals surface area contributed by atoms with Crippen LogP contribution in [0.2, 0.25) is 0 Å². The predicted molar refractivity (Wildman–Crippen MR) is 85.4 cm³/mol. The van der Waals surface area contributed by atoms with Gasteiger partial charge in [0.25, 0.3) is 0 Å². The second-order valence-electron chi connectivity index (χ2n) is 5.40. The number of hydrogen-bond donors (Lipinski definition) is 2. The third-order valence-electron chi connectivity index (χ3n) is 3.55. The van der Waals surface area contributed by atoms with E-state index in [1.807, 2.05) is 18.2 Å². The lowest BCUT2D eigenvalue weighted by Crippen LogP contribution is -2.31. The first kappa shape index (κ1) is 14.8. The Bertz CT molecular complexity index is 565. The molecule has 108 valence electrons. The van der Waals surface area contributed by atoms with Gasteiger partial charge in [-0.15, -0.1) is 0 Å². The van der Waals surface area contributed by atoms with Crippen molar-refractivity contribution in [2.45, 2.75) is 39.8 Å². The number of nitrogens with two attached hydrogens (primary N) is 1. The van der Waals surface area contributed by atoms with Crippen molar-refractivity contribution in [2.24, 2.45) is 5.84 Å². The summed E-state index contributed by atoms with van der Waals surface area (Å²) in [5.74, 6) is 6.41. The minimum absolute atomic E-state index is 0.507. The van der Waals surface area contributed by atoms with E-state index in [-0.39, 0.29) is 0 Å². The molecular formula is C16H24N4. The molecule has 20 heavy (non-hydrogen) atoms. The Hall–Kier alpha value is -1.65. The van der Waals surface area contributed by atoms with E-state index in [0.29, 0.717) is 6.04 Å². The number of hydrazine groups is 1. The Morgan fingerprint density at radius 3 is 2.70 bits per heavy atom. The Labute approximate surface area is 121 Å². The van der Waals surface area contributed by atoms with Crippen LogP contribution in [0.15, 0.2) is 30.3 Å². The van der Waals surface area contributed by atoms with Crippen molar-refractivity contribution < 1.29 is 0 Å². The number of benzene rings is 1. The van der Waals surface area contributed by atoms with Crippen LogP contribution in [0.5, 0.6) is 0 Å². The zero-order chi connectivity index (χ0) is 14.5. The minimum atomic E-state index is 0.507. The van der Waals surface area contributed by atoms with Crippen molar-refractivity contribution in [3.05, 3.63) is 35.9 Å². The molecule has 2 aromatic rings. The van der Waals surface area contributed by atoms with Crippen LogP contribution in [0.4, 0.5) is 5.82 Å². The third kappa shape index (κ3) is 3.26. The molecule has 0 saturated carbocycles. The Kier molecular flexibility index (Phi) is 4.93. The summed E-state index contributed by atoms with van der Waals surface area (Å²) < 4.78 is 0. The number of hydrogen-bond acceptors (Lipinski definition) is 4.